The second-order valence-electron chi connectivity index (χ2n) is 2.87. The molecule has 0 N–H and O–H groups in total. The Labute approximate surface area is 82.7 Å². The molecule has 0 fully saturated rings. The number of aromatic nitrogens is 1. The lowest BCUT2D eigenvalue weighted by molar-refractivity contribution is 1.33. The van der Waals surface area contributed by atoms with E-state index in [2.05, 4.69) is 9.83 Å². The minimum absolute atomic E-state index is 0.667. The molecule has 2 aromatic rings. The molecule has 0 aliphatic heterocycles. The van der Waals surface area contributed by atoms with E-state index in [1.54, 1.807) is 12.4 Å². The van der Waals surface area contributed by atoms with Gasteiger partial charge in [-0.15, -0.1) is 0 Å². The van der Waals surface area contributed by atoms with Gasteiger partial charge < -0.3 is 0 Å². The Bertz CT molecular complexity index is 469. The van der Waals surface area contributed by atoms with Crippen LogP contribution in [0.1, 0.15) is 0 Å². The van der Waals surface area contributed by atoms with Gasteiger partial charge in [0.2, 0.25) is 0 Å². The van der Waals surface area contributed by atoms with Crippen molar-refractivity contribution in [2.45, 2.75) is 0 Å². The van der Waals surface area contributed by atoms with Crippen LogP contribution in [0, 0.1) is 6.57 Å². The summed E-state index contributed by atoms with van der Waals surface area (Å²) in [6.07, 6.45) is 3.49. The standard InChI is InChI=1S/C12H8N2/c1-13-12-7-3-2-6-11(12)10-5-4-8-14-9-10/h2-9H. The van der Waals surface area contributed by atoms with E-state index < -0.39 is 0 Å². The molecule has 1 heterocycles. The smallest absolute Gasteiger partial charge is 0.194 e. The second-order valence-corrected chi connectivity index (χ2v) is 2.87. The van der Waals surface area contributed by atoms with Crippen molar-refractivity contribution in [2.75, 3.05) is 0 Å². The van der Waals surface area contributed by atoms with Crippen molar-refractivity contribution in [3.8, 4) is 11.1 Å². The monoisotopic (exact) mass is 180 g/mol. The molecule has 0 aliphatic rings. The maximum Gasteiger partial charge on any atom is 0.194 e. The van der Waals surface area contributed by atoms with E-state index in [4.69, 9.17) is 6.57 Å². The third-order valence-electron chi connectivity index (χ3n) is 2.00. The summed E-state index contributed by atoms with van der Waals surface area (Å²) >= 11 is 0. The van der Waals surface area contributed by atoms with E-state index >= 15 is 0 Å². The average Bonchev–Trinajstić information content (AvgIpc) is 2.30. The quantitative estimate of drug-likeness (QED) is 0.615. The van der Waals surface area contributed by atoms with Crippen molar-refractivity contribution < 1.29 is 0 Å². The molecular formula is C12H8N2. The number of benzene rings is 1. The number of rotatable bonds is 1. The highest BCUT2D eigenvalue weighted by Crippen LogP contribution is 2.28. The molecule has 2 heteroatoms. The van der Waals surface area contributed by atoms with Crippen LogP contribution in [0.2, 0.25) is 0 Å². The molecule has 0 saturated heterocycles. The van der Waals surface area contributed by atoms with E-state index in [1.807, 2.05) is 36.4 Å². The minimum atomic E-state index is 0.667. The Morgan fingerprint density at radius 1 is 1.07 bits per heavy atom. The van der Waals surface area contributed by atoms with Crippen molar-refractivity contribution in [3.05, 3.63) is 60.2 Å². The van der Waals surface area contributed by atoms with E-state index in [0.29, 0.717) is 5.69 Å². The van der Waals surface area contributed by atoms with Crippen LogP contribution in [0.3, 0.4) is 0 Å². The highest BCUT2D eigenvalue weighted by atomic mass is 14.7. The second kappa shape index (κ2) is 3.71. The topological polar surface area (TPSA) is 17.2 Å². The van der Waals surface area contributed by atoms with Crippen LogP contribution >= 0.6 is 0 Å². The fourth-order valence-corrected chi connectivity index (χ4v) is 1.34. The van der Waals surface area contributed by atoms with Gasteiger partial charge in [0.15, 0.2) is 5.69 Å². The van der Waals surface area contributed by atoms with Crippen LogP contribution in [-0.4, -0.2) is 4.98 Å². The van der Waals surface area contributed by atoms with Crippen LogP contribution in [0.5, 0.6) is 0 Å². The number of hydrogen-bond donors (Lipinski definition) is 0. The first-order chi connectivity index (χ1) is 6.92. The molecule has 0 unspecified atom stereocenters. The third kappa shape index (κ3) is 1.48. The zero-order valence-corrected chi connectivity index (χ0v) is 7.51. The summed E-state index contributed by atoms with van der Waals surface area (Å²) in [4.78, 5) is 7.50. The third-order valence-corrected chi connectivity index (χ3v) is 2.00. The molecule has 1 aromatic heterocycles. The van der Waals surface area contributed by atoms with Crippen molar-refractivity contribution >= 4 is 5.69 Å². The molecule has 2 rings (SSSR count). The fraction of sp³-hybridized carbons (Fsp3) is 0. The van der Waals surface area contributed by atoms with Crippen molar-refractivity contribution in [1.29, 1.82) is 0 Å². The molecular weight excluding hydrogens is 172 g/mol. The van der Waals surface area contributed by atoms with Gasteiger partial charge in [-0.3, -0.25) is 4.98 Å². The zero-order valence-electron chi connectivity index (χ0n) is 7.51. The van der Waals surface area contributed by atoms with E-state index in [1.165, 1.54) is 0 Å². The summed E-state index contributed by atoms with van der Waals surface area (Å²) in [5.74, 6) is 0. The highest BCUT2D eigenvalue weighted by Gasteiger charge is 2.02. The molecule has 1 aromatic carbocycles. The van der Waals surface area contributed by atoms with Gasteiger partial charge in [-0.2, -0.15) is 0 Å². The lowest BCUT2D eigenvalue weighted by Gasteiger charge is -2.02. The summed E-state index contributed by atoms with van der Waals surface area (Å²) in [6.45, 7) is 7.04. The SMILES string of the molecule is [C-]#[N+]c1ccccc1-c1cccnc1. The Morgan fingerprint density at radius 2 is 1.93 bits per heavy atom. The van der Waals surface area contributed by atoms with Crippen molar-refractivity contribution in [1.82, 2.24) is 4.98 Å². The van der Waals surface area contributed by atoms with Crippen LogP contribution in [-0.2, 0) is 0 Å². The molecule has 66 valence electrons. The van der Waals surface area contributed by atoms with Gasteiger partial charge in [0.25, 0.3) is 0 Å². The fourth-order valence-electron chi connectivity index (χ4n) is 1.34. The summed E-state index contributed by atoms with van der Waals surface area (Å²) in [5.41, 5.74) is 2.59. The lowest BCUT2D eigenvalue weighted by atomic mass is 10.1. The number of hydrogen-bond acceptors (Lipinski definition) is 1. The minimum Gasteiger partial charge on any atom is -0.264 e. The first-order valence-electron chi connectivity index (χ1n) is 4.28. The maximum atomic E-state index is 7.04. The van der Waals surface area contributed by atoms with Gasteiger partial charge >= 0.3 is 0 Å². The van der Waals surface area contributed by atoms with Crippen LogP contribution in [0.25, 0.3) is 16.0 Å². The summed E-state index contributed by atoms with van der Waals surface area (Å²) in [6, 6.07) is 11.4. The molecule has 0 aliphatic carbocycles. The molecule has 0 radical (unpaired) electrons. The zero-order chi connectivity index (χ0) is 9.80. The highest BCUT2D eigenvalue weighted by molar-refractivity contribution is 5.77. The first kappa shape index (κ1) is 8.46. The number of nitrogens with zero attached hydrogens (tertiary/aromatic N) is 2. The lowest BCUT2D eigenvalue weighted by Crippen LogP contribution is -1.78. The van der Waals surface area contributed by atoms with Gasteiger partial charge in [-0.05, 0) is 17.2 Å². The summed E-state index contributed by atoms with van der Waals surface area (Å²) in [5, 5.41) is 0. The molecule has 2 nitrogen and oxygen atoms in total. The summed E-state index contributed by atoms with van der Waals surface area (Å²) in [7, 11) is 0. The maximum absolute atomic E-state index is 7.04. The molecule has 0 atom stereocenters. The Hall–Kier alpha value is -2.14. The molecule has 0 saturated carbocycles. The van der Waals surface area contributed by atoms with E-state index in [9.17, 15) is 0 Å². The van der Waals surface area contributed by atoms with Gasteiger partial charge in [0.1, 0.15) is 0 Å². The van der Waals surface area contributed by atoms with Crippen LogP contribution in [0.4, 0.5) is 5.69 Å². The van der Waals surface area contributed by atoms with Gasteiger partial charge in [0.05, 0.1) is 6.57 Å². The van der Waals surface area contributed by atoms with Crippen molar-refractivity contribution in [3.63, 3.8) is 0 Å². The number of para-hydroxylation sites is 1. The Kier molecular flexibility index (Phi) is 2.24. The van der Waals surface area contributed by atoms with Gasteiger partial charge in [-0.25, -0.2) is 4.85 Å². The average molecular weight is 180 g/mol. The van der Waals surface area contributed by atoms with Gasteiger partial charge in [0, 0.05) is 12.4 Å². The van der Waals surface area contributed by atoms with E-state index in [0.717, 1.165) is 11.1 Å². The molecule has 0 amide bonds. The number of pyridine rings is 1. The molecule has 0 spiro atoms. The van der Waals surface area contributed by atoms with Crippen LogP contribution < -0.4 is 0 Å². The summed E-state index contributed by atoms with van der Waals surface area (Å²) < 4.78 is 0. The van der Waals surface area contributed by atoms with E-state index in [-0.39, 0.29) is 0 Å². The van der Waals surface area contributed by atoms with Crippen molar-refractivity contribution in [2.24, 2.45) is 0 Å². The van der Waals surface area contributed by atoms with Gasteiger partial charge in [-0.1, -0.05) is 30.3 Å². The largest absolute Gasteiger partial charge is 0.264 e. The predicted octanol–water partition coefficient (Wildman–Crippen LogP) is 3.30. The normalized spacial score (nSPS) is 9.36. The Balaban J connectivity index is 2.58. The molecule has 0 bridgehead atoms. The van der Waals surface area contributed by atoms with Crippen LogP contribution in [0.15, 0.2) is 48.8 Å². The first-order valence-corrected chi connectivity index (χ1v) is 4.28. The predicted molar refractivity (Wildman–Crippen MR) is 55.9 cm³/mol. The Morgan fingerprint density at radius 3 is 2.64 bits per heavy atom. The molecule has 14 heavy (non-hydrogen) atoms.